The minimum Gasteiger partial charge on any atom is -0.496 e. The fourth-order valence-corrected chi connectivity index (χ4v) is 2.18. The fraction of sp³-hybridized carbons (Fsp3) is 0.222. The topological polar surface area (TPSA) is 97.1 Å². The smallest absolute Gasteiger partial charge is 0.342 e. The molecule has 0 saturated carbocycles. The molecule has 0 aromatic heterocycles. The monoisotopic (exact) mass is 345 g/mol. The van der Waals surface area contributed by atoms with E-state index in [1.54, 1.807) is 30.3 Å². The zero-order chi connectivity index (χ0) is 18.4. The van der Waals surface area contributed by atoms with E-state index in [4.69, 9.17) is 24.7 Å². The number of hydrogen-bond acceptors (Lipinski definition) is 6. The number of rotatable bonds is 7. The molecule has 0 aliphatic carbocycles. The lowest BCUT2D eigenvalue weighted by atomic mass is 10.1. The van der Waals surface area contributed by atoms with Gasteiger partial charge in [0.15, 0.2) is 11.5 Å². The van der Waals surface area contributed by atoms with Gasteiger partial charge in [0.05, 0.1) is 21.3 Å². The van der Waals surface area contributed by atoms with Crippen LogP contribution in [0.5, 0.6) is 17.2 Å². The molecule has 1 amide bonds. The first-order chi connectivity index (χ1) is 12.0. The van der Waals surface area contributed by atoms with Crippen molar-refractivity contribution in [3.05, 3.63) is 53.1 Å². The Bertz CT molecular complexity index is 770. The molecule has 2 aromatic carbocycles. The normalized spacial score (nSPS) is 10.0. The van der Waals surface area contributed by atoms with Gasteiger partial charge in [-0.2, -0.15) is 0 Å². The van der Waals surface area contributed by atoms with Crippen molar-refractivity contribution in [2.24, 2.45) is 5.73 Å². The van der Waals surface area contributed by atoms with Crippen LogP contribution in [-0.4, -0.2) is 33.2 Å². The first-order valence-electron chi connectivity index (χ1n) is 7.36. The number of amides is 1. The molecule has 7 heteroatoms. The van der Waals surface area contributed by atoms with Gasteiger partial charge in [0.25, 0.3) is 0 Å². The first-order valence-corrected chi connectivity index (χ1v) is 7.36. The van der Waals surface area contributed by atoms with Gasteiger partial charge in [-0.3, -0.25) is 4.79 Å². The van der Waals surface area contributed by atoms with E-state index in [2.05, 4.69) is 0 Å². The Morgan fingerprint density at radius 3 is 1.96 bits per heavy atom. The maximum absolute atomic E-state index is 12.4. The van der Waals surface area contributed by atoms with Crippen molar-refractivity contribution in [2.45, 2.75) is 6.61 Å². The molecule has 2 aromatic rings. The highest BCUT2D eigenvalue weighted by Gasteiger charge is 2.19. The highest BCUT2D eigenvalue weighted by Crippen LogP contribution is 2.35. The highest BCUT2D eigenvalue weighted by atomic mass is 16.5. The lowest BCUT2D eigenvalue weighted by Gasteiger charge is -2.13. The summed E-state index contributed by atoms with van der Waals surface area (Å²) in [4.78, 5) is 23.4. The van der Waals surface area contributed by atoms with Gasteiger partial charge < -0.3 is 24.7 Å². The highest BCUT2D eigenvalue weighted by molar-refractivity contribution is 5.94. The van der Waals surface area contributed by atoms with Crippen molar-refractivity contribution < 1.29 is 28.5 Å². The predicted molar refractivity (Wildman–Crippen MR) is 90.2 cm³/mol. The van der Waals surface area contributed by atoms with Crippen molar-refractivity contribution in [1.29, 1.82) is 0 Å². The van der Waals surface area contributed by atoms with Crippen molar-refractivity contribution in [1.82, 2.24) is 0 Å². The minimum absolute atomic E-state index is 0.0371. The molecule has 0 radical (unpaired) electrons. The number of benzene rings is 2. The average molecular weight is 345 g/mol. The van der Waals surface area contributed by atoms with Crippen LogP contribution in [0.4, 0.5) is 0 Å². The molecule has 2 N–H and O–H groups in total. The second-order valence-corrected chi connectivity index (χ2v) is 5.04. The number of methoxy groups -OCH3 is 3. The van der Waals surface area contributed by atoms with Crippen LogP contribution in [0, 0.1) is 0 Å². The number of hydrogen-bond donors (Lipinski definition) is 1. The molecule has 0 aliphatic rings. The lowest BCUT2D eigenvalue weighted by Crippen LogP contribution is -2.11. The second-order valence-electron chi connectivity index (χ2n) is 5.04. The zero-order valence-corrected chi connectivity index (χ0v) is 14.2. The van der Waals surface area contributed by atoms with Crippen LogP contribution in [0.1, 0.15) is 26.3 Å². The van der Waals surface area contributed by atoms with Gasteiger partial charge in [0.2, 0.25) is 5.91 Å². The molecule has 0 spiro atoms. The van der Waals surface area contributed by atoms with Gasteiger partial charge in [-0.1, -0.05) is 12.1 Å². The summed E-state index contributed by atoms with van der Waals surface area (Å²) in [6, 6.07) is 9.52. The SMILES string of the molecule is COc1cc(OC)c(C(=O)OCc2ccc(C(N)=O)cc2)cc1OC. The summed E-state index contributed by atoms with van der Waals surface area (Å²) >= 11 is 0. The van der Waals surface area contributed by atoms with E-state index < -0.39 is 11.9 Å². The number of nitrogens with two attached hydrogens (primary N) is 1. The second kappa shape index (κ2) is 8.05. The van der Waals surface area contributed by atoms with Gasteiger partial charge in [0.1, 0.15) is 17.9 Å². The van der Waals surface area contributed by atoms with Crippen LogP contribution in [0.25, 0.3) is 0 Å². The van der Waals surface area contributed by atoms with E-state index in [0.717, 1.165) is 5.56 Å². The Hall–Kier alpha value is -3.22. The maximum atomic E-state index is 12.4. The quantitative estimate of drug-likeness (QED) is 0.773. The van der Waals surface area contributed by atoms with Crippen molar-refractivity contribution >= 4 is 11.9 Å². The molecule has 0 atom stereocenters. The van der Waals surface area contributed by atoms with Crippen LogP contribution in [0.2, 0.25) is 0 Å². The summed E-state index contributed by atoms with van der Waals surface area (Å²) in [5.74, 6) is 0.0566. The molecule has 0 heterocycles. The summed E-state index contributed by atoms with van der Waals surface area (Å²) in [6.45, 7) is 0.0371. The number of esters is 1. The largest absolute Gasteiger partial charge is 0.496 e. The van der Waals surface area contributed by atoms with E-state index in [0.29, 0.717) is 22.8 Å². The Morgan fingerprint density at radius 1 is 0.880 bits per heavy atom. The fourth-order valence-electron chi connectivity index (χ4n) is 2.18. The van der Waals surface area contributed by atoms with Crippen LogP contribution < -0.4 is 19.9 Å². The third kappa shape index (κ3) is 4.20. The summed E-state index contributed by atoms with van der Waals surface area (Å²) in [6.07, 6.45) is 0. The van der Waals surface area contributed by atoms with Gasteiger partial charge in [0, 0.05) is 17.7 Å². The standard InChI is InChI=1S/C18H19NO6/c1-22-14-9-16(24-3)15(23-2)8-13(14)18(21)25-10-11-4-6-12(7-5-11)17(19)20/h4-9H,10H2,1-3H3,(H2,19,20). The molecule has 0 fully saturated rings. The summed E-state index contributed by atoms with van der Waals surface area (Å²) in [5.41, 5.74) is 6.51. The van der Waals surface area contributed by atoms with E-state index >= 15 is 0 Å². The van der Waals surface area contributed by atoms with Gasteiger partial charge in [-0.25, -0.2) is 4.79 Å². The van der Waals surface area contributed by atoms with Crippen molar-refractivity contribution in [3.63, 3.8) is 0 Å². The predicted octanol–water partition coefficient (Wildman–Crippen LogP) is 2.17. The Morgan fingerprint density at radius 2 is 1.44 bits per heavy atom. The Balaban J connectivity index is 2.15. The van der Waals surface area contributed by atoms with Gasteiger partial charge >= 0.3 is 5.97 Å². The van der Waals surface area contributed by atoms with E-state index in [1.165, 1.54) is 27.4 Å². The molecule has 132 valence electrons. The average Bonchev–Trinajstić information content (AvgIpc) is 2.65. The summed E-state index contributed by atoms with van der Waals surface area (Å²) < 4.78 is 20.9. The number of carbonyl (C=O) groups excluding carboxylic acids is 2. The van der Waals surface area contributed by atoms with E-state index in [1.807, 2.05) is 0 Å². The first kappa shape index (κ1) is 18.1. The Labute approximate surface area is 145 Å². The Kier molecular flexibility index (Phi) is 5.84. The van der Waals surface area contributed by atoms with E-state index in [-0.39, 0.29) is 12.2 Å². The maximum Gasteiger partial charge on any atom is 0.342 e. The van der Waals surface area contributed by atoms with Crippen LogP contribution >= 0.6 is 0 Å². The molecule has 0 bridgehead atoms. The molecule has 7 nitrogen and oxygen atoms in total. The third-order valence-corrected chi connectivity index (χ3v) is 3.53. The van der Waals surface area contributed by atoms with Gasteiger partial charge in [-0.15, -0.1) is 0 Å². The lowest BCUT2D eigenvalue weighted by molar-refractivity contribution is 0.0468. The minimum atomic E-state index is -0.572. The summed E-state index contributed by atoms with van der Waals surface area (Å²) in [7, 11) is 4.41. The molecular weight excluding hydrogens is 326 g/mol. The summed E-state index contributed by atoms with van der Waals surface area (Å²) in [5, 5.41) is 0. The zero-order valence-electron chi connectivity index (χ0n) is 14.2. The van der Waals surface area contributed by atoms with Gasteiger partial charge in [-0.05, 0) is 17.7 Å². The number of ether oxygens (including phenoxy) is 4. The molecule has 0 unspecified atom stereocenters. The third-order valence-electron chi connectivity index (χ3n) is 3.53. The van der Waals surface area contributed by atoms with Crippen LogP contribution in [0.3, 0.4) is 0 Å². The van der Waals surface area contributed by atoms with Crippen LogP contribution in [0.15, 0.2) is 36.4 Å². The molecule has 25 heavy (non-hydrogen) atoms. The molecular formula is C18H19NO6. The molecule has 0 aliphatic heterocycles. The van der Waals surface area contributed by atoms with Crippen LogP contribution in [-0.2, 0) is 11.3 Å². The van der Waals surface area contributed by atoms with Crippen molar-refractivity contribution in [2.75, 3.05) is 21.3 Å². The van der Waals surface area contributed by atoms with Crippen molar-refractivity contribution in [3.8, 4) is 17.2 Å². The number of primary amides is 1. The molecule has 0 saturated heterocycles. The van der Waals surface area contributed by atoms with E-state index in [9.17, 15) is 9.59 Å². The number of carbonyl (C=O) groups is 2. The molecule has 2 rings (SSSR count).